The number of fused-ring (bicyclic) bond motifs is 2. The van der Waals surface area contributed by atoms with Crippen molar-refractivity contribution in [2.24, 2.45) is 0 Å². The van der Waals surface area contributed by atoms with E-state index in [2.05, 4.69) is 21.1 Å². The molecule has 0 spiro atoms. The summed E-state index contributed by atoms with van der Waals surface area (Å²) in [6.07, 6.45) is 3.62. The Kier molecular flexibility index (Phi) is 3.59. The summed E-state index contributed by atoms with van der Waals surface area (Å²) < 4.78 is 1.83. The molecule has 0 aliphatic carbocycles. The number of aliphatic hydroxyl groups is 1. The predicted octanol–water partition coefficient (Wildman–Crippen LogP) is 2.37. The summed E-state index contributed by atoms with van der Waals surface area (Å²) in [5, 5.41) is 14.9. The summed E-state index contributed by atoms with van der Waals surface area (Å²) in [7, 11) is 1.91. The minimum atomic E-state index is 0.0880. The third-order valence-corrected chi connectivity index (χ3v) is 4.07. The van der Waals surface area contributed by atoms with Gasteiger partial charge in [-0.25, -0.2) is 9.50 Å². The average Bonchev–Trinajstić information content (AvgIpc) is 3.04. The first-order valence-electron chi connectivity index (χ1n) is 7.78. The first kappa shape index (κ1) is 14.6. The highest BCUT2D eigenvalue weighted by molar-refractivity contribution is 5.83. The minimum Gasteiger partial charge on any atom is -0.395 e. The van der Waals surface area contributed by atoms with Gasteiger partial charge in [-0.2, -0.15) is 0 Å². The van der Waals surface area contributed by atoms with E-state index in [4.69, 9.17) is 5.11 Å². The van der Waals surface area contributed by atoms with Gasteiger partial charge in [0.1, 0.15) is 5.82 Å². The van der Waals surface area contributed by atoms with E-state index in [9.17, 15) is 0 Å². The zero-order chi connectivity index (χ0) is 16.5. The monoisotopic (exact) mass is 319 g/mol. The largest absolute Gasteiger partial charge is 0.395 e. The number of rotatable bonds is 4. The summed E-state index contributed by atoms with van der Waals surface area (Å²) in [5.74, 6) is 0.790. The Morgan fingerprint density at radius 2 is 2.04 bits per heavy atom. The third-order valence-electron chi connectivity index (χ3n) is 4.07. The molecule has 0 aliphatic heterocycles. The number of nitrogens with zero attached hydrogens (tertiary/aromatic N) is 5. The molecule has 0 saturated heterocycles. The van der Waals surface area contributed by atoms with Crippen LogP contribution < -0.4 is 4.90 Å². The number of aromatic nitrogens is 4. The van der Waals surface area contributed by atoms with Gasteiger partial charge >= 0.3 is 0 Å². The van der Waals surface area contributed by atoms with Crippen molar-refractivity contribution in [3.05, 3.63) is 54.9 Å². The number of anilines is 1. The highest BCUT2D eigenvalue weighted by atomic mass is 16.3. The SMILES string of the molecule is CN(CCO)c1ccc2ncc(-c3ccc4ncccc4c3)n2n1. The van der Waals surface area contributed by atoms with E-state index in [1.807, 2.05) is 59.1 Å². The first-order chi connectivity index (χ1) is 11.8. The second-order valence-corrected chi connectivity index (χ2v) is 5.66. The number of benzene rings is 1. The lowest BCUT2D eigenvalue weighted by Gasteiger charge is -2.16. The van der Waals surface area contributed by atoms with Gasteiger partial charge in [-0.05, 0) is 30.3 Å². The second-order valence-electron chi connectivity index (χ2n) is 5.66. The van der Waals surface area contributed by atoms with Crippen LogP contribution in [-0.2, 0) is 0 Å². The van der Waals surface area contributed by atoms with E-state index in [-0.39, 0.29) is 6.61 Å². The van der Waals surface area contributed by atoms with Crippen molar-refractivity contribution in [2.45, 2.75) is 0 Å². The Hall–Kier alpha value is -2.99. The zero-order valence-electron chi connectivity index (χ0n) is 13.3. The van der Waals surface area contributed by atoms with Gasteiger partial charge in [-0.15, -0.1) is 5.10 Å². The van der Waals surface area contributed by atoms with E-state index in [1.54, 1.807) is 6.20 Å². The number of likely N-dealkylation sites (N-methyl/N-ethyl adjacent to an activating group) is 1. The van der Waals surface area contributed by atoms with E-state index >= 15 is 0 Å². The Bertz CT molecular complexity index is 1010. The Morgan fingerprint density at radius 3 is 2.92 bits per heavy atom. The number of hydrogen-bond acceptors (Lipinski definition) is 5. The maximum atomic E-state index is 9.11. The fourth-order valence-electron chi connectivity index (χ4n) is 2.76. The molecule has 0 amide bonds. The molecule has 0 aliphatic rings. The molecule has 1 aromatic carbocycles. The molecule has 0 fully saturated rings. The van der Waals surface area contributed by atoms with Crippen LogP contribution >= 0.6 is 0 Å². The molecule has 1 N–H and O–H groups in total. The summed E-state index contributed by atoms with van der Waals surface area (Å²) in [5.41, 5.74) is 3.72. The van der Waals surface area contributed by atoms with Crippen LogP contribution in [-0.4, -0.2) is 44.9 Å². The quantitative estimate of drug-likeness (QED) is 0.625. The van der Waals surface area contributed by atoms with Crippen LogP contribution in [0.2, 0.25) is 0 Å². The Labute approximate surface area is 139 Å². The van der Waals surface area contributed by atoms with E-state index < -0.39 is 0 Å². The molecule has 3 aromatic heterocycles. The van der Waals surface area contributed by atoms with Crippen LogP contribution in [0.5, 0.6) is 0 Å². The molecule has 0 unspecified atom stereocenters. The topological polar surface area (TPSA) is 66.5 Å². The molecule has 0 atom stereocenters. The molecule has 0 radical (unpaired) electrons. The van der Waals surface area contributed by atoms with Crippen molar-refractivity contribution >= 4 is 22.4 Å². The van der Waals surface area contributed by atoms with Crippen LogP contribution in [0.4, 0.5) is 5.82 Å². The molecule has 120 valence electrons. The molecule has 4 aromatic rings. The highest BCUT2D eigenvalue weighted by Crippen LogP contribution is 2.24. The Balaban J connectivity index is 1.84. The van der Waals surface area contributed by atoms with Gasteiger partial charge in [-0.3, -0.25) is 4.98 Å². The van der Waals surface area contributed by atoms with E-state index in [0.717, 1.165) is 33.6 Å². The van der Waals surface area contributed by atoms with Gasteiger partial charge in [0.2, 0.25) is 0 Å². The van der Waals surface area contributed by atoms with Crippen molar-refractivity contribution in [1.82, 2.24) is 19.6 Å². The third kappa shape index (κ3) is 2.47. The van der Waals surface area contributed by atoms with Crippen LogP contribution in [0.15, 0.2) is 54.9 Å². The first-order valence-corrected chi connectivity index (χ1v) is 7.78. The normalized spacial score (nSPS) is 11.2. The van der Waals surface area contributed by atoms with Gasteiger partial charge in [0, 0.05) is 30.7 Å². The highest BCUT2D eigenvalue weighted by Gasteiger charge is 2.10. The molecule has 0 bridgehead atoms. The van der Waals surface area contributed by atoms with Crippen molar-refractivity contribution in [2.75, 3.05) is 25.1 Å². The molecular formula is C18H17N5O. The maximum Gasteiger partial charge on any atom is 0.154 e. The second kappa shape index (κ2) is 5.90. The van der Waals surface area contributed by atoms with Gasteiger partial charge in [0.25, 0.3) is 0 Å². The fourth-order valence-corrected chi connectivity index (χ4v) is 2.76. The summed E-state index contributed by atoms with van der Waals surface area (Å²) >= 11 is 0. The van der Waals surface area contributed by atoms with Gasteiger partial charge in [0.05, 0.1) is 24.0 Å². The molecule has 6 nitrogen and oxygen atoms in total. The van der Waals surface area contributed by atoms with E-state index in [0.29, 0.717) is 6.54 Å². The van der Waals surface area contributed by atoms with E-state index in [1.165, 1.54) is 0 Å². The van der Waals surface area contributed by atoms with Crippen LogP contribution in [0, 0.1) is 0 Å². The molecular weight excluding hydrogens is 302 g/mol. The zero-order valence-corrected chi connectivity index (χ0v) is 13.3. The van der Waals surface area contributed by atoms with Crippen molar-refractivity contribution in [3.8, 4) is 11.3 Å². The standard InChI is InChI=1S/C18H17N5O/c1-22(9-10-24)18-7-6-17-20-12-16(23(17)21-18)14-4-5-15-13(11-14)3-2-8-19-15/h2-8,11-12,24H,9-10H2,1H3. The van der Waals surface area contributed by atoms with Crippen LogP contribution in [0.1, 0.15) is 0 Å². The maximum absolute atomic E-state index is 9.11. The number of pyridine rings is 1. The lowest BCUT2D eigenvalue weighted by Crippen LogP contribution is -2.22. The number of aliphatic hydroxyl groups excluding tert-OH is 1. The summed E-state index contributed by atoms with van der Waals surface area (Å²) in [4.78, 5) is 10.7. The smallest absolute Gasteiger partial charge is 0.154 e. The van der Waals surface area contributed by atoms with Crippen molar-refractivity contribution < 1.29 is 5.11 Å². The van der Waals surface area contributed by atoms with Crippen molar-refractivity contribution in [3.63, 3.8) is 0 Å². The lowest BCUT2D eigenvalue weighted by atomic mass is 10.1. The molecule has 6 heteroatoms. The minimum absolute atomic E-state index is 0.0880. The lowest BCUT2D eigenvalue weighted by molar-refractivity contribution is 0.303. The van der Waals surface area contributed by atoms with Crippen LogP contribution in [0.25, 0.3) is 27.8 Å². The fraction of sp³-hybridized carbons (Fsp3) is 0.167. The predicted molar refractivity (Wildman–Crippen MR) is 94.1 cm³/mol. The van der Waals surface area contributed by atoms with Gasteiger partial charge in [0.15, 0.2) is 5.65 Å². The molecule has 4 rings (SSSR count). The molecule has 3 heterocycles. The van der Waals surface area contributed by atoms with Crippen molar-refractivity contribution in [1.29, 1.82) is 0 Å². The molecule has 0 saturated carbocycles. The van der Waals surface area contributed by atoms with Crippen LogP contribution in [0.3, 0.4) is 0 Å². The average molecular weight is 319 g/mol. The number of imidazole rings is 1. The Morgan fingerprint density at radius 1 is 1.12 bits per heavy atom. The summed E-state index contributed by atoms with van der Waals surface area (Å²) in [6, 6.07) is 14.0. The molecule has 24 heavy (non-hydrogen) atoms. The van der Waals surface area contributed by atoms with Gasteiger partial charge in [-0.1, -0.05) is 12.1 Å². The number of hydrogen-bond donors (Lipinski definition) is 1. The van der Waals surface area contributed by atoms with Gasteiger partial charge < -0.3 is 10.0 Å². The summed E-state index contributed by atoms with van der Waals surface area (Å²) in [6.45, 7) is 0.620.